The number of aryl methyl sites for hydroxylation is 1. The molecular weight excluding hydrogens is 360 g/mol. The van der Waals surface area contributed by atoms with Crippen molar-refractivity contribution in [3.05, 3.63) is 61.8 Å². The van der Waals surface area contributed by atoms with Gasteiger partial charge in [-0.1, -0.05) is 29.8 Å². The first-order chi connectivity index (χ1) is 13.4. The van der Waals surface area contributed by atoms with E-state index in [9.17, 15) is 14.4 Å². The van der Waals surface area contributed by atoms with Crippen molar-refractivity contribution in [3.63, 3.8) is 0 Å². The van der Waals surface area contributed by atoms with Crippen LogP contribution >= 0.6 is 0 Å². The third-order valence-corrected chi connectivity index (χ3v) is 5.21. The second-order valence-electron chi connectivity index (χ2n) is 7.13. The molecule has 150 valence electrons. The maximum atomic E-state index is 12.9. The molecule has 1 aromatic heterocycles. The van der Waals surface area contributed by atoms with Gasteiger partial charge in [0.15, 0.2) is 5.78 Å². The Morgan fingerprint density at radius 3 is 2.68 bits per heavy atom. The van der Waals surface area contributed by atoms with E-state index in [1.165, 1.54) is 17.2 Å². The summed E-state index contributed by atoms with van der Waals surface area (Å²) in [6, 6.07) is 8.40. The van der Waals surface area contributed by atoms with Gasteiger partial charge in [0.2, 0.25) is 0 Å². The van der Waals surface area contributed by atoms with Crippen molar-refractivity contribution in [2.24, 2.45) is 0 Å². The van der Waals surface area contributed by atoms with Crippen molar-refractivity contribution in [1.29, 1.82) is 0 Å². The highest BCUT2D eigenvalue weighted by Crippen LogP contribution is 2.32. The minimum Gasteiger partial charge on any atom is -0.384 e. The molecule has 28 heavy (non-hydrogen) atoms. The number of carbonyl (C=O) groups excluding carboxylic acids is 1. The molecule has 2 heterocycles. The van der Waals surface area contributed by atoms with Crippen molar-refractivity contribution >= 4 is 11.6 Å². The zero-order valence-electron chi connectivity index (χ0n) is 16.2. The van der Waals surface area contributed by atoms with Crippen LogP contribution in [0.1, 0.15) is 40.4 Å². The number of H-pyrrole nitrogens is 1. The van der Waals surface area contributed by atoms with E-state index in [1.54, 1.807) is 0 Å². The van der Waals surface area contributed by atoms with Gasteiger partial charge in [-0.2, -0.15) is 0 Å². The Bertz CT molecular complexity index is 962. The summed E-state index contributed by atoms with van der Waals surface area (Å²) in [4.78, 5) is 41.4. The molecule has 1 unspecified atom stereocenters. The first kappa shape index (κ1) is 20.0. The number of aromatic amines is 1. The van der Waals surface area contributed by atoms with Gasteiger partial charge in [0.1, 0.15) is 11.4 Å². The summed E-state index contributed by atoms with van der Waals surface area (Å²) >= 11 is 0. The minimum absolute atomic E-state index is 0.0777. The molecule has 1 aromatic carbocycles. The van der Waals surface area contributed by atoms with Crippen molar-refractivity contribution in [2.75, 3.05) is 32.5 Å². The molecular formula is C20H26N4O4. The molecule has 1 atom stereocenters. The third kappa shape index (κ3) is 4.07. The highest BCUT2D eigenvalue weighted by molar-refractivity contribution is 6.01. The average Bonchev–Trinajstić information content (AvgIpc) is 3.10. The molecule has 3 rings (SSSR count). The van der Waals surface area contributed by atoms with Gasteiger partial charge >= 0.3 is 5.69 Å². The van der Waals surface area contributed by atoms with E-state index >= 15 is 0 Å². The first-order valence-electron chi connectivity index (χ1n) is 9.37. The number of benzene rings is 1. The van der Waals surface area contributed by atoms with E-state index in [2.05, 4.69) is 34.1 Å². The number of aromatic nitrogens is 2. The number of nitrogen functional groups attached to an aromatic ring is 1. The van der Waals surface area contributed by atoms with Crippen molar-refractivity contribution in [1.82, 2.24) is 14.5 Å². The second-order valence-corrected chi connectivity index (χ2v) is 7.13. The lowest BCUT2D eigenvalue weighted by Gasteiger charge is -2.24. The van der Waals surface area contributed by atoms with E-state index in [4.69, 9.17) is 10.5 Å². The SMILES string of the molecule is COCCn1c(N)c(C(=O)CN2CCCC2c2ccc(C)cc2)c(=O)[nH]c1=O. The van der Waals surface area contributed by atoms with Crippen LogP contribution in [0, 0.1) is 6.92 Å². The summed E-state index contributed by atoms with van der Waals surface area (Å²) in [5.41, 5.74) is 6.80. The zero-order chi connectivity index (χ0) is 20.3. The number of likely N-dealkylation sites (tertiary alicyclic amines) is 1. The number of nitrogens with zero attached hydrogens (tertiary/aromatic N) is 2. The monoisotopic (exact) mass is 386 g/mol. The molecule has 1 aliphatic rings. The molecule has 0 saturated carbocycles. The normalized spacial score (nSPS) is 17.1. The van der Waals surface area contributed by atoms with Crippen LogP contribution in [-0.2, 0) is 11.3 Å². The predicted molar refractivity (Wildman–Crippen MR) is 107 cm³/mol. The molecule has 8 heteroatoms. The topological polar surface area (TPSA) is 110 Å². The molecule has 0 radical (unpaired) electrons. The Balaban J connectivity index is 1.85. The van der Waals surface area contributed by atoms with E-state index < -0.39 is 11.2 Å². The smallest absolute Gasteiger partial charge is 0.330 e. The molecule has 1 saturated heterocycles. The summed E-state index contributed by atoms with van der Waals surface area (Å²) < 4.78 is 6.13. The van der Waals surface area contributed by atoms with Gasteiger partial charge in [0, 0.05) is 13.2 Å². The summed E-state index contributed by atoms with van der Waals surface area (Å²) in [7, 11) is 1.50. The minimum atomic E-state index is -0.743. The maximum Gasteiger partial charge on any atom is 0.330 e. The van der Waals surface area contributed by atoms with Gasteiger partial charge in [-0.25, -0.2) is 4.79 Å². The fourth-order valence-corrected chi connectivity index (χ4v) is 3.71. The van der Waals surface area contributed by atoms with Gasteiger partial charge in [-0.05, 0) is 31.9 Å². The van der Waals surface area contributed by atoms with Gasteiger partial charge < -0.3 is 10.5 Å². The standard InChI is InChI=1S/C20H26N4O4/c1-13-5-7-14(8-6-13)15-4-3-9-23(15)12-16(25)17-18(21)24(10-11-28-2)20(27)22-19(17)26/h5-8,15H,3-4,9-12,21H2,1-2H3,(H,22,26,27). The number of Topliss-reactive ketones (excluding diaryl/α,β-unsaturated/α-hetero) is 1. The van der Waals surface area contributed by atoms with Crippen LogP contribution in [0.2, 0.25) is 0 Å². The largest absolute Gasteiger partial charge is 0.384 e. The van der Waals surface area contributed by atoms with Crippen LogP contribution in [0.3, 0.4) is 0 Å². The lowest BCUT2D eigenvalue weighted by atomic mass is 10.0. The zero-order valence-corrected chi connectivity index (χ0v) is 16.2. The predicted octanol–water partition coefficient (Wildman–Crippen LogP) is 1.09. The molecule has 1 aliphatic heterocycles. The Kier molecular flexibility index (Phi) is 6.11. The third-order valence-electron chi connectivity index (χ3n) is 5.21. The molecule has 2 aromatic rings. The Hall–Kier alpha value is -2.71. The van der Waals surface area contributed by atoms with Gasteiger partial charge in [0.25, 0.3) is 5.56 Å². The first-order valence-corrected chi connectivity index (χ1v) is 9.37. The molecule has 3 N–H and O–H groups in total. The number of ether oxygens (including phenoxy) is 1. The average molecular weight is 386 g/mol. The van der Waals surface area contributed by atoms with E-state index in [0.29, 0.717) is 0 Å². The fourth-order valence-electron chi connectivity index (χ4n) is 3.71. The van der Waals surface area contributed by atoms with Crippen LogP contribution in [0.4, 0.5) is 5.82 Å². The maximum absolute atomic E-state index is 12.9. The summed E-state index contributed by atoms with van der Waals surface area (Å²) in [5.74, 6) is -0.495. The van der Waals surface area contributed by atoms with Gasteiger partial charge in [0.05, 0.1) is 19.7 Å². The molecule has 8 nitrogen and oxygen atoms in total. The summed E-state index contributed by atoms with van der Waals surface area (Å²) in [6.07, 6.45) is 1.93. The number of nitrogens with two attached hydrogens (primary N) is 1. The van der Waals surface area contributed by atoms with Crippen LogP contribution in [0.5, 0.6) is 0 Å². The Morgan fingerprint density at radius 2 is 2.00 bits per heavy atom. The highest BCUT2D eigenvalue weighted by atomic mass is 16.5. The van der Waals surface area contributed by atoms with Crippen LogP contribution in [0.25, 0.3) is 0 Å². The number of ketones is 1. The number of nitrogens with one attached hydrogen (secondary N) is 1. The van der Waals surface area contributed by atoms with Crippen molar-refractivity contribution in [3.8, 4) is 0 Å². The number of hydrogen-bond acceptors (Lipinski definition) is 6. The Morgan fingerprint density at radius 1 is 1.29 bits per heavy atom. The van der Waals surface area contributed by atoms with Crippen LogP contribution < -0.4 is 17.0 Å². The number of carbonyl (C=O) groups is 1. The van der Waals surface area contributed by atoms with Crippen molar-refractivity contribution in [2.45, 2.75) is 32.4 Å². The fraction of sp³-hybridized carbons (Fsp3) is 0.450. The van der Waals surface area contributed by atoms with Gasteiger partial charge in [-0.3, -0.25) is 24.0 Å². The molecule has 0 amide bonds. The summed E-state index contributed by atoms with van der Waals surface area (Å²) in [6.45, 7) is 3.28. The number of anilines is 1. The lowest BCUT2D eigenvalue weighted by molar-refractivity contribution is 0.0920. The number of rotatable bonds is 7. The number of methoxy groups -OCH3 is 1. The van der Waals surface area contributed by atoms with E-state index in [-0.39, 0.29) is 42.9 Å². The second kappa shape index (κ2) is 8.53. The van der Waals surface area contributed by atoms with E-state index in [0.717, 1.165) is 24.9 Å². The summed E-state index contributed by atoms with van der Waals surface area (Å²) in [5, 5.41) is 0. The van der Waals surface area contributed by atoms with Gasteiger partial charge in [-0.15, -0.1) is 0 Å². The van der Waals surface area contributed by atoms with Crippen molar-refractivity contribution < 1.29 is 9.53 Å². The molecule has 0 bridgehead atoms. The highest BCUT2D eigenvalue weighted by Gasteiger charge is 2.29. The quantitative estimate of drug-likeness (QED) is 0.690. The molecule has 1 fully saturated rings. The van der Waals surface area contributed by atoms with Crippen LogP contribution in [-0.4, -0.2) is 47.0 Å². The number of hydrogen-bond donors (Lipinski definition) is 2. The molecule has 0 aliphatic carbocycles. The lowest BCUT2D eigenvalue weighted by Crippen LogP contribution is -2.39. The Labute approximate surface area is 162 Å². The van der Waals surface area contributed by atoms with Crippen LogP contribution in [0.15, 0.2) is 33.9 Å². The molecule has 0 spiro atoms. The van der Waals surface area contributed by atoms with E-state index in [1.807, 2.05) is 6.92 Å².